The molecule has 3 aliphatic carbocycles. The molecule has 0 aromatic rings. The van der Waals surface area contributed by atoms with Crippen molar-refractivity contribution in [3.63, 3.8) is 0 Å². The van der Waals surface area contributed by atoms with E-state index in [0.29, 0.717) is 30.9 Å². The third-order valence-electron chi connectivity index (χ3n) is 6.40. The second-order valence-corrected chi connectivity index (χ2v) is 10.2. The summed E-state index contributed by atoms with van der Waals surface area (Å²) in [6, 6.07) is 0. The van der Waals surface area contributed by atoms with E-state index in [-0.39, 0.29) is 18.4 Å². The molecule has 0 amide bonds. The molecule has 0 aromatic carbocycles. The second-order valence-electron chi connectivity index (χ2n) is 8.20. The molecule has 6 heteroatoms. The number of ether oxygens (including phenoxy) is 1. The first-order chi connectivity index (χ1) is 11.2. The summed E-state index contributed by atoms with van der Waals surface area (Å²) in [5, 5.41) is 0. The summed E-state index contributed by atoms with van der Waals surface area (Å²) in [5.41, 5.74) is 1.84. The van der Waals surface area contributed by atoms with E-state index in [9.17, 15) is 13.2 Å². The third kappa shape index (κ3) is 3.40. The molecule has 24 heavy (non-hydrogen) atoms. The van der Waals surface area contributed by atoms with E-state index in [4.69, 9.17) is 4.74 Å². The number of carbonyl (C=O) groups is 1. The number of sulfonamides is 1. The predicted octanol–water partition coefficient (Wildman–Crippen LogP) is 2.58. The zero-order chi connectivity index (χ0) is 17.5. The average Bonchev–Trinajstić information content (AvgIpc) is 2.54. The highest BCUT2D eigenvalue weighted by atomic mass is 32.2. The molecule has 5 nitrogen and oxygen atoms in total. The Bertz CT molecular complexity index is 637. The lowest BCUT2D eigenvalue weighted by molar-refractivity contribution is -0.149. The minimum atomic E-state index is -3.23. The largest absolute Gasteiger partial charge is 0.465 e. The summed E-state index contributed by atoms with van der Waals surface area (Å²) in [7, 11) is -3.23. The molecule has 136 valence electrons. The molecule has 4 aliphatic rings. The molecule has 2 bridgehead atoms. The minimum Gasteiger partial charge on any atom is -0.465 e. The van der Waals surface area contributed by atoms with Crippen LogP contribution in [0, 0.1) is 23.2 Å². The van der Waals surface area contributed by atoms with Crippen LogP contribution in [0.15, 0.2) is 11.6 Å². The van der Waals surface area contributed by atoms with Crippen molar-refractivity contribution < 1.29 is 17.9 Å². The molecule has 1 saturated carbocycles. The first kappa shape index (κ1) is 17.9. The molecular weight excluding hydrogens is 326 g/mol. The molecule has 1 saturated heterocycles. The van der Waals surface area contributed by atoms with Gasteiger partial charge >= 0.3 is 5.97 Å². The number of piperidine rings is 1. The second kappa shape index (κ2) is 6.45. The van der Waals surface area contributed by atoms with Crippen LogP contribution in [-0.2, 0) is 19.6 Å². The molecule has 0 N–H and O–H groups in total. The van der Waals surface area contributed by atoms with Crippen LogP contribution in [0.2, 0.25) is 0 Å². The van der Waals surface area contributed by atoms with E-state index in [0.717, 1.165) is 25.2 Å². The molecule has 0 aromatic heterocycles. The van der Waals surface area contributed by atoms with Gasteiger partial charge in [-0.2, -0.15) is 0 Å². The number of esters is 1. The van der Waals surface area contributed by atoms with Crippen molar-refractivity contribution in [3.05, 3.63) is 11.6 Å². The number of hydrogen-bond donors (Lipinski definition) is 0. The number of hydrogen-bond acceptors (Lipinski definition) is 4. The zero-order valence-electron chi connectivity index (χ0n) is 15.0. The average molecular weight is 356 g/mol. The Morgan fingerprint density at radius 2 is 2.17 bits per heavy atom. The van der Waals surface area contributed by atoms with Crippen LogP contribution in [0.3, 0.4) is 0 Å². The number of nitrogens with zero attached hydrogens (tertiary/aromatic N) is 1. The van der Waals surface area contributed by atoms with E-state index in [1.165, 1.54) is 22.6 Å². The van der Waals surface area contributed by atoms with Crippen molar-refractivity contribution in [3.8, 4) is 0 Å². The smallest absolute Gasteiger partial charge is 0.310 e. The van der Waals surface area contributed by atoms with E-state index in [2.05, 4.69) is 19.9 Å². The highest BCUT2D eigenvalue weighted by Crippen LogP contribution is 2.59. The first-order valence-corrected chi connectivity index (χ1v) is 10.8. The van der Waals surface area contributed by atoms with Crippen LogP contribution in [0.1, 0.15) is 46.0 Å². The van der Waals surface area contributed by atoms with Gasteiger partial charge in [0.05, 0.1) is 18.8 Å². The summed E-state index contributed by atoms with van der Waals surface area (Å²) >= 11 is 0. The number of fused-ring (bicyclic) bond motifs is 1. The minimum absolute atomic E-state index is 0.245. The van der Waals surface area contributed by atoms with Gasteiger partial charge in [0.2, 0.25) is 10.0 Å². The Balaban J connectivity index is 1.47. The Labute approximate surface area is 145 Å². The van der Waals surface area contributed by atoms with Crippen molar-refractivity contribution in [2.45, 2.75) is 46.0 Å². The highest BCUT2D eigenvalue weighted by molar-refractivity contribution is 7.88. The van der Waals surface area contributed by atoms with Gasteiger partial charge in [-0.05, 0) is 42.9 Å². The van der Waals surface area contributed by atoms with Crippen molar-refractivity contribution in [2.75, 3.05) is 26.0 Å². The fourth-order valence-corrected chi connectivity index (χ4v) is 5.49. The third-order valence-corrected chi connectivity index (χ3v) is 7.67. The van der Waals surface area contributed by atoms with Gasteiger partial charge in [-0.25, -0.2) is 12.7 Å². The first-order valence-electron chi connectivity index (χ1n) is 9.00. The quantitative estimate of drug-likeness (QED) is 0.562. The Kier molecular flexibility index (Phi) is 4.82. The van der Waals surface area contributed by atoms with Gasteiger partial charge in [-0.1, -0.05) is 25.5 Å². The van der Waals surface area contributed by atoms with Gasteiger partial charge < -0.3 is 4.74 Å². The fourth-order valence-electron chi connectivity index (χ4n) is 4.58. The van der Waals surface area contributed by atoms with Crippen LogP contribution in [0.5, 0.6) is 0 Å². The molecule has 1 aliphatic heterocycles. The zero-order valence-corrected chi connectivity index (χ0v) is 15.8. The predicted molar refractivity (Wildman–Crippen MR) is 92.8 cm³/mol. The van der Waals surface area contributed by atoms with Gasteiger partial charge in [-0.15, -0.1) is 0 Å². The topological polar surface area (TPSA) is 63.7 Å². The highest BCUT2D eigenvalue weighted by Gasteiger charge is 2.50. The number of carbonyl (C=O) groups excluding carboxylic acids is 1. The van der Waals surface area contributed by atoms with E-state index < -0.39 is 10.0 Å². The monoisotopic (exact) mass is 355 g/mol. The lowest BCUT2D eigenvalue weighted by Crippen LogP contribution is -2.48. The van der Waals surface area contributed by atoms with E-state index in [1.807, 2.05) is 0 Å². The maximum Gasteiger partial charge on any atom is 0.310 e. The molecule has 4 rings (SSSR count). The Hall–Kier alpha value is -0.880. The van der Waals surface area contributed by atoms with E-state index in [1.54, 1.807) is 0 Å². The van der Waals surface area contributed by atoms with E-state index >= 15 is 0 Å². The lowest BCUT2D eigenvalue weighted by atomic mass is 9.48. The molecule has 0 spiro atoms. The standard InChI is InChI=1S/C18H29NO4S/c1-18(2)15-7-6-13(16(18)11-15)8-10-23-17(20)14-5-4-9-19(12-14)24(3,21)22/h6,14-16H,4-5,7-12H2,1-3H3/t14-,15-,16-/m0/s1. The van der Waals surface area contributed by atoms with Crippen molar-refractivity contribution >= 4 is 16.0 Å². The van der Waals surface area contributed by atoms with Gasteiger partial charge in [-0.3, -0.25) is 4.79 Å². The van der Waals surface area contributed by atoms with Gasteiger partial charge in [0, 0.05) is 19.5 Å². The number of rotatable bonds is 5. The summed E-state index contributed by atoms with van der Waals surface area (Å²) in [6.45, 7) is 5.86. The molecule has 1 heterocycles. The van der Waals surface area contributed by atoms with Gasteiger partial charge in [0.15, 0.2) is 0 Å². The normalized spacial score (nSPS) is 32.6. The molecule has 0 unspecified atom stereocenters. The summed E-state index contributed by atoms with van der Waals surface area (Å²) in [6.07, 6.45) is 8.21. The SMILES string of the molecule is CC1(C)[C@H]2CC=C(CCOC(=O)[C@H]3CCCN(S(C)(=O)=O)C3)[C@@H]1C2. The Morgan fingerprint density at radius 3 is 2.79 bits per heavy atom. The molecular formula is C18H29NO4S. The van der Waals surface area contributed by atoms with Crippen LogP contribution in [0.4, 0.5) is 0 Å². The van der Waals surface area contributed by atoms with Crippen LogP contribution < -0.4 is 0 Å². The summed E-state index contributed by atoms with van der Waals surface area (Å²) < 4.78 is 30.2. The Morgan fingerprint density at radius 1 is 1.42 bits per heavy atom. The maximum absolute atomic E-state index is 12.3. The summed E-state index contributed by atoms with van der Waals surface area (Å²) in [5.74, 6) is 0.896. The summed E-state index contributed by atoms with van der Waals surface area (Å²) in [4.78, 5) is 12.3. The maximum atomic E-state index is 12.3. The molecule has 3 atom stereocenters. The number of allylic oxidation sites excluding steroid dienone is 1. The lowest BCUT2D eigenvalue weighted by Gasteiger charge is -2.56. The van der Waals surface area contributed by atoms with Crippen molar-refractivity contribution in [2.24, 2.45) is 23.2 Å². The van der Waals surface area contributed by atoms with Crippen molar-refractivity contribution in [1.82, 2.24) is 4.31 Å². The fraction of sp³-hybridized carbons (Fsp3) is 0.833. The van der Waals surface area contributed by atoms with Gasteiger partial charge in [0.1, 0.15) is 0 Å². The molecule has 2 fully saturated rings. The van der Waals surface area contributed by atoms with Crippen LogP contribution in [0.25, 0.3) is 0 Å². The van der Waals surface area contributed by atoms with Gasteiger partial charge in [0.25, 0.3) is 0 Å². The van der Waals surface area contributed by atoms with Crippen LogP contribution in [-0.4, -0.2) is 44.6 Å². The van der Waals surface area contributed by atoms with Crippen molar-refractivity contribution in [1.29, 1.82) is 0 Å². The van der Waals surface area contributed by atoms with Crippen LogP contribution >= 0.6 is 0 Å². The molecule has 0 radical (unpaired) electrons.